The monoisotopic (exact) mass is 699 g/mol. The van der Waals surface area contributed by atoms with E-state index in [9.17, 15) is 0 Å². The molecule has 0 aliphatic carbocycles. The van der Waals surface area contributed by atoms with Gasteiger partial charge in [-0.1, -0.05) is 84.9 Å². The Morgan fingerprint density at radius 3 is 1.94 bits per heavy atom. The number of rotatable bonds is 5. The van der Waals surface area contributed by atoms with Crippen LogP contribution in [0.25, 0.3) is 105 Å². The molecule has 6 aromatic carbocycles. The summed E-state index contributed by atoms with van der Waals surface area (Å²) in [5.41, 5.74) is 8.42. The first-order valence-corrected chi connectivity index (χ1v) is 18.0. The number of fused-ring (bicyclic) bond motifs is 6. The maximum atomic E-state index is 6.31. The Hall–Kier alpha value is -7.10. The van der Waals surface area contributed by atoms with Gasteiger partial charge in [0.15, 0.2) is 17.2 Å². The van der Waals surface area contributed by atoms with E-state index in [-0.39, 0.29) is 0 Å². The van der Waals surface area contributed by atoms with Gasteiger partial charge in [0.2, 0.25) is 11.8 Å². The second-order valence-corrected chi connectivity index (χ2v) is 13.8. The highest BCUT2D eigenvalue weighted by Gasteiger charge is 2.21. The largest absolute Gasteiger partial charge is 0.436 e. The third-order valence-electron chi connectivity index (χ3n) is 9.50. The summed E-state index contributed by atoms with van der Waals surface area (Å²) in [6.07, 6.45) is 0. The number of aromatic nitrogens is 7. The van der Waals surface area contributed by atoms with Gasteiger partial charge < -0.3 is 4.42 Å². The summed E-state index contributed by atoms with van der Waals surface area (Å²) in [6, 6.07) is 50.9. The Bertz CT molecular complexity index is 3000. The van der Waals surface area contributed by atoms with Crippen molar-refractivity contribution in [3.63, 3.8) is 0 Å². The van der Waals surface area contributed by atoms with Crippen molar-refractivity contribution in [2.75, 3.05) is 0 Å². The summed E-state index contributed by atoms with van der Waals surface area (Å²) in [5, 5.41) is 4.15. The average Bonchev–Trinajstić information content (AvgIpc) is 3.95. The molecule has 0 spiro atoms. The fraction of sp³-hybridized carbons (Fsp3) is 0. The normalized spacial score (nSPS) is 11.8. The Labute approximate surface area is 305 Å². The Balaban J connectivity index is 1.19. The molecular weight excluding hydrogens is 675 g/mol. The Morgan fingerprint density at radius 1 is 0.472 bits per heavy atom. The zero-order chi connectivity index (χ0) is 34.9. The minimum Gasteiger partial charge on any atom is -0.436 e. The molecule has 8 nitrogen and oxygen atoms in total. The number of oxazole rings is 1. The van der Waals surface area contributed by atoms with Gasteiger partial charge in [0, 0.05) is 32.8 Å². The van der Waals surface area contributed by atoms with Gasteiger partial charge in [-0.25, -0.2) is 19.9 Å². The molecule has 0 atom stereocenters. The predicted molar refractivity (Wildman–Crippen MR) is 212 cm³/mol. The molecule has 9 heteroatoms. The van der Waals surface area contributed by atoms with E-state index in [4.69, 9.17) is 34.3 Å². The van der Waals surface area contributed by atoms with E-state index < -0.39 is 0 Å². The second-order valence-electron chi connectivity index (χ2n) is 12.8. The minimum atomic E-state index is 0.464. The van der Waals surface area contributed by atoms with Crippen molar-refractivity contribution in [1.82, 2.24) is 34.5 Å². The van der Waals surface area contributed by atoms with Crippen molar-refractivity contribution in [3.05, 3.63) is 152 Å². The standard InChI is InChI=1S/C44H25N7OS/c1-4-14-32-26(11-1)21-22-35(45-32)41-48-40(49-44(50-41)51-36-17-7-2-12-30(36)31-13-3-8-18-37(31)51)27-23-28(42-46-33-15-5-9-19-38(33)52-42)25-29(24-27)43-47-34-16-6-10-20-39(34)53-43/h1-25H. The van der Waals surface area contributed by atoms with Crippen molar-refractivity contribution in [2.45, 2.75) is 0 Å². The van der Waals surface area contributed by atoms with Gasteiger partial charge in [0.05, 0.1) is 26.8 Å². The maximum Gasteiger partial charge on any atom is 0.238 e. The van der Waals surface area contributed by atoms with Gasteiger partial charge in [-0.05, 0) is 66.7 Å². The van der Waals surface area contributed by atoms with Crippen LogP contribution in [0.4, 0.5) is 0 Å². The highest BCUT2D eigenvalue weighted by molar-refractivity contribution is 7.21. The summed E-state index contributed by atoms with van der Waals surface area (Å²) in [5.74, 6) is 1.95. The molecule has 0 bridgehead atoms. The topological polar surface area (TPSA) is 95.4 Å². The summed E-state index contributed by atoms with van der Waals surface area (Å²) in [6.45, 7) is 0. The van der Waals surface area contributed by atoms with Gasteiger partial charge in [-0.2, -0.15) is 9.97 Å². The van der Waals surface area contributed by atoms with E-state index in [1.165, 1.54) is 0 Å². The number of thiazole rings is 1. The summed E-state index contributed by atoms with van der Waals surface area (Å²) in [4.78, 5) is 30.4. The van der Waals surface area contributed by atoms with Crippen LogP contribution in [0.1, 0.15) is 0 Å². The fourth-order valence-corrected chi connectivity index (χ4v) is 7.98. The maximum absolute atomic E-state index is 6.31. The highest BCUT2D eigenvalue weighted by Crippen LogP contribution is 2.38. The number of nitrogens with zero attached hydrogens (tertiary/aromatic N) is 7. The van der Waals surface area contributed by atoms with Crippen LogP contribution in [0, 0.1) is 0 Å². The van der Waals surface area contributed by atoms with Crippen molar-refractivity contribution >= 4 is 65.4 Å². The molecule has 11 aromatic rings. The molecule has 11 rings (SSSR count). The lowest BCUT2D eigenvalue weighted by atomic mass is 10.0. The van der Waals surface area contributed by atoms with Crippen molar-refractivity contribution in [3.8, 4) is 50.9 Å². The minimum absolute atomic E-state index is 0.464. The first-order chi connectivity index (χ1) is 26.2. The van der Waals surface area contributed by atoms with Crippen LogP contribution in [0.5, 0.6) is 0 Å². The lowest BCUT2D eigenvalue weighted by Crippen LogP contribution is -2.07. The SMILES string of the molecule is c1ccc2nc(-c3nc(-c4cc(-c5nc6ccccc6o5)cc(-c5nc6ccccc6s5)c4)nc(-n4c5ccccc5c5ccccc54)n3)ccc2c1. The third-order valence-corrected chi connectivity index (χ3v) is 10.6. The molecule has 0 radical (unpaired) electrons. The van der Waals surface area contributed by atoms with Crippen LogP contribution in [0.2, 0.25) is 0 Å². The molecule has 0 aliphatic heterocycles. The zero-order valence-electron chi connectivity index (χ0n) is 27.9. The smallest absolute Gasteiger partial charge is 0.238 e. The average molecular weight is 700 g/mol. The third kappa shape index (κ3) is 4.97. The Kier molecular flexibility index (Phi) is 6.55. The molecular formula is C44H25N7OS. The van der Waals surface area contributed by atoms with Crippen LogP contribution in [-0.4, -0.2) is 34.5 Å². The van der Waals surface area contributed by atoms with Gasteiger partial charge in [-0.3, -0.25) is 4.57 Å². The first kappa shape index (κ1) is 29.6. The van der Waals surface area contributed by atoms with Crippen molar-refractivity contribution in [1.29, 1.82) is 0 Å². The zero-order valence-corrected chi connectivity index (χ0v) is 28.7. The van der Waals surface area contributed by atoms with Crippen LogP contribution in [0.15, 0.2) is 156 Å². The quantitative estimate of drug-likeness (QED) is 0.176. The first-order valence-electron chi connectivity index (χ1n) is 17.2. The Morgan fingerprint density at radius 2 is 1.13 bits per heavy atom. The van der Waals surface area contributed by atoms with Gasteiger partial charge in [0.25, 0.3) is 0 Å². The molecule has 0 amide bonds. The van der Waals surface area contributed by atoms with E-state index >= 15 is 0 Å². The molecule has 0 saturated heterocycles. The number of benzene rings is 6. The molecule has 0 fully saturated rings. The molecule has 0 N–H and O–H groups in total. The molecule has 5 heterocycles. The van der Waals surface area contributed by atoms with Crippen molar-refractivity contribution < 1.29 is 4.42 Å². The van der Waals surface area contributed by atoms with E-state index in [1.54, 1.807) is 11.3 Å². The molecule has 53 heavy (non-hydrogen) atoms. The van der Waals surface area contributed by atoms with Gasteiger partial charge >= 0.3 is 0 Å². The van der Waals surface area contributed by atoms with Crippen LogP contribution < -0.4 is 0 Å². The van der Waals surface area contributed by atoms with Crippen LogP contribution >= 0.6 is 11.3 Å². The van der Waals surface area contributed by atoms with E-state index in [1.807, 2.05) is 84.9 Å². The van der Waals surface area contributed by atoms with Crippen molar-refractivity contribution in [2.24, 2.45) is 0 Å². The number of hydrogen-bond donors (Lipinski definition) is 0. The molecule has 0 unspecified atom stereocenters. The van der Waals surface area contributed by atoms with Gasteiger partial charge in [0.1, 0.15) is 16.2 Å². The highest BCUT2D eigenvalue weighted by atomic mass is 32.1. The van der Waals surface area contributed by atoms with Gasteiger partial charge in [-0.15, -0.1) is 11.3 Å². The summed E-state index contributed by atoms with van der Waals surface area (Å²) in [7, 11) is 0. The fourth-order valence-electron chi connectivity index (χ4n) is 7.03. The second kappa shape index (κ2) is 11.7. The van der Waals surface area contributed by atoms with Crippen LogP contribution in [0.3, 0.4) is 0 Å². The lowest BCUT2D eigenvalue weighted by Gasteiger charge is -2.12. The van der Waals surface area contributed by atoms with E-state index in [2.05, 4.69) is 71.3 Å². The number of pyridine rings is 1. The molecule has 0 aliphatic rings. The predicted octanol–water partition coefficient (Wildman–Crippen LogP) is 10.9. The molecule has 248 valence electrons. The number of hydrogen-bond acceptors (Lipinski definition) is 8. The summed E-state index contributed by atoms with van der Waals surface area (Å²) < 4.78 is 9.53. The van der Waals surface area contributed by atoms with E-state index in [0.29, 0.717) is 34.8 Å². The van der Waals surface area contributed by atoms with Crippen LogP contribution in [-0.2, 0) is 0 Å². The molecule has 0 saturated carbocycles. The summed E-state index contributed by atoms with van der Waals surface area (Å²) >= 11 is 1.64. The lowest BCUT2D eigenvalue weighted by molar-refractivity contribution is 0.620. The van der Waals surface area contributed by atoms with E-state index in [0.717, 1.165) is 70.1 Å². The molecule has 5 aromatic heterocycles. The number of para-hydroxylation sites is 6.